The lowest BCUT2D eigenvalue weighted by molar-refractivity contribution is -0.150. The lowest BCUT2D eigenvalue weighted by atomic mass is 9.79. The second kappa shape index (κ2) is 8.61. The van der Waals surface area contributed by atoms with Crippen LogP contribution in [0.25, 0.3) is 0 Å². The molecule has 0 radical (unpaired) electrons. The highest BCUT2D eigenvalue weighted by atomic mass is 19.2. The first-order valence-electron chi connectivity index (χ1n) is 10.4. The van der Waals surface area contributed by atoms with Gasteiger partial charge in [-0.2, -0.15) is 0 Å². The first-order chi connectivity index (χ1) is 14.9. The largest absolute Gasteiger partial charge is 0.394 e. The van der Waals surface area contributed by atoms with Crippen molar-refractivity contribution in [2.45, 2.75) is 36.9 Å². The van der Waals surface area contributed by atoms with Crippen molar-refractivity contribution in [1.82, 2.24) is 9.80 Å². The topological polar surface area (TPSA) is 64.0 Å². The molecule has 2 atom stereocenters. The predicted molar refractivity (Wildman–Crippen MR) is 108 cm³/mol. The molecule has 2 aromatic carbocycles. The third kappa shape index (κ3) is 3.95. The summed E-state index contributed by atoms with van der Waals surface area (Å²) in [4.78, 5) is 15.9. The highest BCUT2D eigenvalue weighted by Crippen LogP contribution is 2.38. The Labute approximate surface area is 178 Å². The van der Waals surface area contributed by atoms with Gasteiger partial charge in [-0.15, -0.1) is 0 Å². The van der Waals surface area contributed by atoms with Gasteiger partial charge in [0.25, 0.3) is 5.91 Å². The Balaban J connectivity index is 1.51. The van der Waals surface area contributed by atoms with Crippen molar-refractivity contribution < 1.29 is 28.2 Å². The molecule has 2 fully saturated rings. The summed E-state index contributed by atoms with van der Waals surface area (Å²) in [5.41, 5.74) is -0.844. The fourth-order valence-electron chi connectivity index (χ4n) is 4.81. The maximum absolute atomic E-state index is 14.0. The van der Waals surface area contributed by atoms with Gasteiger partial charge in [-0.25, -0.2) is 13.2 Å². The summed E-state index contributed by atoms with van der Waals surface area (Å²) in [7, 11) is 0. The van der Waals surface area contributed by atoms with Crippen LogP contribution in [0.1, 0.15) is 41.2 Å². The number of halogens is 3. The number of carbonyl (C=O) groups is 1. The van der Waals surface area contributed by atoms with Gasteiger partial charge in [-0.1, -0.05) is 36.8 Å². The lowest BCUT2D eigenvalue weighted by Crippen LogP contribution is -2.72. The van der Waals surface area contributed by atoms with Crippen LogP contribution in [0.4, 0.5) is 13.2 Å². The van der Waals surface area contributed by atoms with Gasteiger partial charge in [0.05, 0.1) is 31.3 Å². The molecule has 0 aromatic heterocycles. The minimum atomic E-state index is -1.69. The van der Waals surface area contributed by atoms with Crippen molar-refractivity contribution in [1.29, 1.82) is 0 Å². The number of amides is 1. The number of β-amino-alcohol motifs (C(OH)–C–C–N with tert-alkyl or cyclic N) is 1. The number of rotatable bonds is 5. The van der Waals surface area contributed by atoms with Crippen molar-refractivity contribution in [3.63, 3.8) is 0 Å². The Bertz CT molecular complexity index is 951. The van der Waals surface area contributed by atoms with Gasteiger partial charge in [0, 0.05) is 6.04 Å². The first kappa shape index (κ1) is 21.8. The summed E-state index contributed by atoms with van der Waals surface area (Å²) < 4.78 is 40.7. The number of aliphatic hydroxyl groups excluding tert-OH is 1. The van der Waals surface area contributed by atoms with E-state index in [9.17, 15) is 28.2 Å². The van der Waals surface area contributed by atoms with Gasteiger partial charge >= 0.3 is 0 Å². The molecule has 166 valence electrons. The molecular formula is C23H25F3N2O3. The monoisotopic (exact) mass is 434 g/mol. The minimum Gasteiger partial charge on any atom is -0.394 e. The van der Waals surface area contributed by atoms with E-state index in [1.165, 1.54) is 4.90 Å². The van der Waals surface area contributed by atoms with E-state index in [0.717, 1.165) is 24.5 Å². The fraction of sp³-hybridized carbons (Fsp3) is 0.435. The fourth-order valence-corrected chi connectivity index (χ4v) is 4.81. The molecule has 2 aromatic rings. The average molecular weight is 434 g/mol. The number of piperidine rings is 1. The molecule has 1 amide bonds. The average Bonchev–Trinajstić information content (AvgIpc) is 2.77. The Morgan fingerprint density at radius 3 is 2.45 bits per heavy atom. The maximum Gasteiger partial charge on any atom is 0.257 e. The van der Waals surface area contributed by atoms with E-state index in [1.54, 1.807) is 0 Å². The van der Waals surface area contributed by atoms with Crippen LogP contribution in [-0.2, 0) is 0 Å². The summed E-state index contributed by atoms with van der Waals surface area (Å²) in [5, 5.41) is 21.4. The van der Waals surface area contributed by atoms with Crippen molar-refractivity contribution in [2.24, 2.45) is 0 Å². The van der Waals surface area contributed by atoms with E-state index in [4.69, 9.17) is 0 Å². The van der Waals surface area contributed by atoms with Crippen LogP contribution >= 0.6 is 0 Å². The third-order valence-electron chi connectivity index (χ3n) is 6.40. The molecule has 5 nitrogen and oxygen atoms in total. The summed E-state index contributed by atoms with van der Waals surface area (Å²) in [6.07, 6.45) is 2.53. The number of aliphatic hydroxyl groups is 2. The number of hydrogen-bond acceptors (Lipinski definition) is 4. The quantitative estimate of drug-likeness (QED) is 0.711. The second-order valence-electron chi connectivity index (χ2n) is 8.35. The Morgan fingerprint density at radius 2 is 1.77 bits per heavy atom. The van der Waals surface area contributed by atoms with Gasteiger partial charge in [0.1, 0.15) is 5.60 Å². The Hall–Kier alpha value is -2.42. The van der Waals surface area contributed by atoms with Crippen molar-refractivity contribution in [2.75, 3.05) is 26.2 Å². The zero-order chi connectivity index (χ0) is 22.2. The molecule has 0 bridgehead atoms. The van der Waals surface area contributed by atoms with Crippen LogP contribution in [0.3, 0.4) is 0 Å². The van der Waals surface area contributed by atoms with Crippen LogP contribution in [-0.4, -0.2) is 63.8 Å². The van der Waals surface area contributed by atoms with E-state index < -0.39 is 34.5 Å². The standard InChI is InChI=1S/C23H25F3N2O3/c24-17-10-9-16(20(25)21(17)26)22(30)27-13-23(31,14-27)19-8-4-5-11-28(19)18(12-29)15-6-2-1-3-7-15/h1-3,6-7,9-10,18-19,29,31H,4-5,8,11-14H2/t18-,19?/m1/s1. The molecule has 31 heavy (non-hydrogen) atoms. The molecule has 2 N–H and O–H groups in total. The van der Waals surface area contributed by atoms with Crippen LogP contribution < -0.4 is 0 Å². The summed E-state index contributed by atoms with van der Waals surface area (Å²) in [6, 6.07) is 10.6. The Kier molecular flexibility index (Phi) is 6.05. The molecule has 0 aliphatic carbocycles. The first-order valence-corrected chi connectivity index (χ1v) is 10.4. The summed E-state index contributed by atoms with van der Waals surface area (Å²) in [5.74, 6) is -5.36. The van der Waals surface area contributed by atoms with Crippen LogP contribution in [0, 0.1) is 17.5 Å². The van der Waals surface area contributed by atoms with E-state index in [2.05, 4.69) is 4.90 Å². The summed E-state index contributed by atoms with van der Waals surface area (Å²) >= 11 is 0. The Morgan fingerprint density at radius 1 is 1.06 bits per heavy atom. The molecular weight excluding hydrogens is 409 g/mol. The summed E-state index contributed by atoms with van der Waals surface area (Å²) in [6.45, 7) is 0.495. The number of hydrogen-bond donors (Lipinski definition) is 2. The number of carbonyl (C=O) groups excluding carboxylic acids is 1. The van der Waals surface area contributed by atoms with Gasteiger partial charge < -0.3 is 15.1 Å². The highest BCUT2D eigenvalue weighted by Gasteiger charge is 2.53. The zero-order valence-electron chi connectivity index (χ0n) is 17.0. The molecule has 2 saturated heterocycles. The van der Waals surface area contributed by atoms with E-state index in [0.29, 0.717) is 19.0 Å². The SMILES string of the molecule is O=C(c1ccc(F)c(F)c1F)N1CC(O)(C2CCCCN2[C@H](CO)c2ccccc2)C1. The van der Waals surface area contributed by atoms with Gasteiger partial charge in [0.2, 0.25) is 0 Å². The van der Waals surface area contributed by atoms with Gasteiger partial charge in [-0.05, 0) is 37.1 Å². The van der Waals surface area contributed by atoms with E-state index in [1.807, 2.05) is 30.3 Å². The van der Waals surface area contributed by atoms with E-state index >= 15 is 0 Å². The van der Waals surface area contributed by atoms with Crippen molar-refractivity contribution in [3.8, 4) is 0 Å². The van der Waals surface area contributed by atoms with E-state index in [-0.39, 0.29) is 31.8 Å². The van der Waals surface area contributed by atoms with Gasteiger partial charge in [0.15, 0.2) is 17.5 Å². The molecule has 0 spiro atoms. The smallest absolute Gasteiger partial charge is 0.257 e. The molecule has 8 heteroatoms. The van der Waals surface area contributed by atoms with Crippen LogP contribution in [0.2, 0.25) is 0 Å². The highest BCUT2D eigenvalue weighted by molar-refractivity contribution is 5.95. The van der Waals surface area contributed by atoms with Crippen molar-refractivity contribution in [3.05, 3.63) is 71.0 Å². The molecule has 0 saturated carbocycles. The molecule has 1 unspecified atom stereocenters. The van der Waals surface area contributed by atoms with Crippen molar-refractivity contribution >= 4 is 5.91 Å². The lowest BCUT2D eigenvalue weighted by Gasteiger charge is -2.56. The van der Waals surface area contributed by atoms with Crippen LogP contribution in [0.15, 0.2) is 42.5 Å². The van der Waals surface area contributed by atoms with Gasteiger partial charge in [-0.3, -0.25) is 9.69 Å². The maximum atomic E-state index is 14.0. The predicted octanol–water partition coefficient (Wildman–Crippen LogP) is 2.88. The molecule has 4 rings (SSSR count). The molecule has 2 aliphatic heterocycles. The zero-order valence-corrected chi connectivity index (χ0v) is 17.0. The minimum absolute atomic E-state index is 0.0433. The number of nitrogens with zero attached hydrogens (tertiary/aromatic N) is 2. The van der Waals surface area contributed by atoms with Crippen LogP contribution in [0.5, 0.6) is 0 Å². The second-order valence-corrected chi connectivity index (χ2v) is 8.35. The molecule has 2 heterocycles. The number of likely N-dealkylation sites (tertiary alicyclic amines) is 2. The number of benzene rings is 2. The third-order valence-corrected chi connectivity index (χ3v) is 6.40. The normalized spacial score (nSPS) is 22.1. The molecule has 2 aliphatic rings.